The van der Waals surface area contributed by atoms with Gasteiger partial charge in [0, 0.05) is 11.1 Å². The fraction of sp³-hybridized carbons (Fsp3) is 0.0625. The number of carbonyl (C=O) groups excluding carboxylic acids is 1. The van der Waals surface area contributed by atoms with Crippen molar-refractivity contribution in [1.29, 1.82) is 0 Å². The standard InChI is InChI=1S/C16H14O2.Sb.3H/c1-12(2)16(17)18-15-11-7-6-10-14(15)13-8-4-3-5-9-13;;;;/h3-11H,1H2,2H3;;;;. The van der Waals surface area contributed by atoms with Crippen LogP contribution < -0.4 is 4.74 Å². The van der Waals surface area contributed by atoms with Gasteiger partial charge in [-0.3, -0.25) is 0 Å². The van der Waals surface area contributed by atoms with Crippen LogP contribution in [0.15, 0.2) is 66.7 Å². The van der Waals surface area contributed by atoms with Gasteiger partial charge in [0.25, 0.3) is 0 Å². The Labute approximate surface area is 130 Å². The summed E-state index contributed by atoms with van der Waals surface area (Å²) in [6, 6.07) is 17.3. The fourth-order valence-electron chi connectivity index (χ4n) is 1.60. The molecule has 0 fully saturated rings. The van der Waals surface area contributed by atoms with Crippen molar-refractivity contribution in [2.75, 3.05) is 0 Å². The summed E-state index contributed by atoms with van der Waals surface area (Å²) in [7, 11) is 0. The second-order valence-electron chi connectivity index (χ2n) is 4.03. The van der Waals surface area contributed by atoms with Gasteiger partial charge in [-0.05, 0) is 18.6 Å². The molecule has 0 aliphatic rings. The SMILES string of the molecule is C=C(C)C(=O)Oc1ccccc1-c1ccccc1.[SbH3]. The molecule has 2 aromatic carbocycles. The number of benzene rings is 2. The zero-order valence-corrected chi connectivity index (χ0v) is 15.0. The summed E-state index contributed by atoms with van der Waals surface area (Å²) in [6.45, 7) is 5.21. The van der Waals surface area contributed by atoms with Crippen LogP contribution in [0.5, 0.6) is 5.75 Å². The molecule has 0 saturated carbocycles. The molecule has 0 aliphatic heterocycles. The van der Waals surface area contributed by atoms with E-state index in [9.17, 15) is 4.79 Å². The molecule has 0 N–H and O–H groups in total. The Morgan fingerprint density at radius 1 is 1.00 bits per heavy atom. The van der Waals surface area contributed by atoms with E-state index in [4.69, 9.17) is 4.74 Å². The van der Waals surface area contributed by atoms with E-state index in [0.29, 0.717) is 11.3 Å². The molecule has 0 amide bonds. The van der Waals surface area contributed by atoms with Crippen molar-refractivity contribution < 1.29 is 9.53 Å². The van der Waals surface area contributed by atoms with Crippen LogP contribution in [0.1, 0.15) is 6.92 Å². The monoisotopic (exact) mass is 362 g/mol. The summed E-state index contributed by atoms with van der Waals surface area (Å²) in [4.78, 5) is 11.6. The van der Waals surface area contributed by atoms with E-state index in [1.54, 1.807) is 13.0 Å². The third kappa shape index (κ3) is 3.97. The van der Waals surface area contributed by atoms with E-state index in [2.05, 4.69) is 6.58 Å². The Morgan fingerprint density at radius 3 is 2.21 bits per heavy atom. The molecule has 2 nitrogen and oxygen atoms in total. The third-order valence-corrected chi connectivity index (χ3v) is 2.52. The normalized spacial score (nSPS) is 9.32. The van der Waals surface area contributed by atoms with Gasteiger partial charge in [-0.2, -0.15) is 0 Å². The number of rotatable bonds is 3. The molecule has 0 atom stereocenters. The molecule has 2 rings (SSSR count). The summed E-state index contributed by atoms with van der Waals surface area (Å²) in [5.74, 6) is 0.148. The molecule has 98 valence electrons. The first-order chi connectivity index (χ1) is 8.68. The number of ether oxygens (including phenoxy) is 1. The Balaban J connectivity index is 0.00000180. The van der Waals surface area contributed by atoms with Crippen molar-refractivity contribution in [1.82, 2.24) is 0 Å². The average molecular weight is 363 g/mol. The number of hydrogen-bond donors (Lipinski definition) is 0. The second-order valence-corrected chi connectivity index (χ2v) is 4.03. The maximum atomic E-state index is 11.6. The first kappa shape index (κ1) is 15.5. The fourth-order valence-corrected chi connectivity index (χ4v) is 1.60. The quantitative estimate of drug-likeness (QED) is 0.363. The zero-order chi connectivity index (χ0) is 13.0. The van der Waals surface area contributed by atoms with Crippen molar-refractivity contribution in [3.8, 4) is 16.9 Å². The molecular formula is C16H17O2Sb. The topological polar surface area (TPSA) is 26.3 Å². The average Bonchev–Trinajstić information content (AvgIpc) is 2.40. The van der Waals surface area contributed by atoms with Gasteiger partial charge in [-0.1, -0.05) is 55.1 Å². The van der Waals surface area contributed by atoms with Crippen LogP contribution in [0.2, 0.25) is 0 Å². The maximum absolute atomic E-state index is 11.6. The molecular weight excluding hydrogens is 346 g/mol. The van der Waals surface area contributed by atoms with Crippen molar-refractivity contribution >= 4 is 30.4 Å². The van der Waals surface area contributed by atoms with E-state index < -0.39 is 5.97 Å². The summed E-state index contributed by atoms with van der Waals surface area (Å²) in [6.07, 6.45) is 0. The summed E-state index contributed by atoms with van der Waals surface area (Å²) in [5, 5.41) is 0. The molecule has 0 bridgehead atoms. The van der Waals surface area contributed by atoms with Gasteiger partial charge in [0.05, 0.1) is 0 Å². The summed E-state index contributed by atoms with van der Waals surface area (Å²) >= 11 is 0. The Morgan fingerprint density at radius 2 is 1.58 bits per heavy atom. The number of esters is 1. The Kier molecular flexibility index (Phi) is 5.85. The molecule has 2 aromatic rings. The van der Waals surface area contributed by atoms with E-state index in [-0.39, 0.29) is 24.4 Å². The molecule has 0 saturated heterocycles. The minimum absolute atomic E-state index is 0. The predicted molar refractivity (Wildman–Crippen MR) is 82.3 cm³/mol. The number of carbonyl (C=O) groups is 1. The van der Waals surface area contributed by atoms with Crippen LogP contribution in [0.25, 0.3) is 11.1 Å². The van der Waals surface area contributed by atoms with Crippen LogP contribution in [-0.2, 0) is 4.79 Å². The summed E-state index contributed by atoms with van der Waals surface area (Å²) in [5.41, 5.74) is 2.30. The van der Waals surface area contributed by atoms with Crippen LogP contribution >= 0.6 is 0 Å². The second kappa shape index (κ2) is 7.15. The van der Waals surface area contributed by atoms with Crippen molar-refractivity contribution in [3.63, 3.8) is 0 Å². The van der Waals surface area contributed by atoms with Crippen molar-refractivity contribution in [2.45, 2.75) is 6.92 Å². The predicted octanol–water partition coefficient (Wildman–Crippen LogP) is 2.65. The molecule has 3 heteroatoms. The first-order valence-electron chi connectivity index (χ1n) is 5.70. The molecule has 0 unspecified atom stereocenters. The van der Waals surface area contributed by atoms with Crippen molar-refractivity contribution in [3.05, 3.63) is 66.7 Å². The van der Waals surface area contributed by atoms with Crippen molar-refractivity contribution in [2.24, 2.45) is 0 Å². The number of para-hydroxylation sites is 1. The zero-order valence-electron chi connectivity index (χ0n) is 10.9. The van der Waals surface area contributed by atoms with Gasteiger partial charge in [-0.15, -0.1) is 0 Å². The van der Waals surface area contributed by atoms with E-state index in [1.165, 1.54) is 0 Å². The van der Waals surface area contributed by atoms with E-state index >= 15 is 0 Å². The Bertz CT molecular complexity index is 576. The molecule has 0 heterocycles. The third-order valence-electron chi connectivity index (χ3n) is 2.52. The van der Waals surface area contributed by atoms with Gasteiger partial charge in [0.15, 0.2) is 0 Å². The first-order valence-corrected chi connectivity index (χ1v) is 5.70. The molecule has 0 aliphatic carbocycles. The van der Waals surface area contributed by atoms with E-state index in [0.717, 1.165) is 11.1 Å². The molecule has 19 heavy (non-hydrogen) atoms. The van der Waals surface area contributed by atoms with Gasteiger partial charge < -0.3 is 4.74 Å². The minimum atomic E-state index is -0.404. The summed E-state index contributed by atoms with van der Waals surface area (Å²) < 4.78 is 5.32. The molecule has 0 spiro atoms. The van der Waals surface area contributed by atoms with Crippen LogP contribution in [-0.4, -0.2) is 30.4 Å². The molecule has 0 aromatic heterocycles. The number of hydrogen-bond acceptors (Lipinski definition) is 2. The van der Waals surface area contributed by atoms with Gasteiger partial charge in [-0.25, -0.2) is 4.79 Å². The molecule has 0 radical (unpaired) electrons. The van der Waals surface area contributed by atoms with Gasteiger partial charge >= 0.3 is 30.4 Å². The van der Waals surface area contributed by atoms with E-state index in [1.807, 2.05) is 48.5 Å². The van der Waals surface area contributed by atoms with Gasteiger partial charge in [0.2, 0.25) is 0 Å². The van der Waals surface area contributed by atoms with Crippen LogP contribution in [0.3, 0.4) is 0 Å². The van der Waals surface area contributed by atoms with Gasteiger partial charge in [0.1, 0.15) is 5.75 Å². The van der Waals surface area contributed by atoms with Crippen LogP contribution in [0, 0.1) is 0 Å². The van der Waals surface area contributed by atoms with Crippen LogP contribution in [0.4, 0.5) is 0 Å². The Hall–Kier alpha value is -1.53.